The molecule has 0 unspecified atom stereocenters. The third-order valence-corrected chi connectivity index (χ3v) is 6.70. The van der Waals surface area contributed by atoms with Crippen molar-refractivity contribution >= 4 is 15.9 Å². The molecule has 1 aromatic rings. The van der Waals surface area contributed by atoms with E-state index in [1.807, 2.05) is 20.8 Å². The predicted octanol–water partition coefficient (Wildman–Crippen LogP) is 2.01. The number of carbonyl (C=O) groups excluding carboxylic acids is 1. The number of methoxy groups -OCH3 is 1. The molecule has 2 rings (SSSR count). The summed E-state index contributed by atoms with van der Waals surface area (Å²) in [6.07, 6.45) is 0.576. The lowest BCUT2D eigenvalue weighted by atomic mass is 10.1. The summed E-state index contributed by atoms with van der Waals surface area (Å²) in [5, 5.41) is 0. The van der Waals surface area contributed by atoms with E-state index in [0.29, 0.717) is 63.9 Å². The largest absolute Gasteiger partial charge is 0.383 e. The van der Waals surface area contributed by atoms with Gasteiger partial charge in [0.2, 0.25) is 10.0 Å². The van der Waals surface area contributed by atoms with E-state index in [1.165, 1.54) is 10.4 Å². The van der Waals surface area contributed by atoms with Gasteiger partial charge in [0.25, 0.3) is 5.91 Å². The quantitative estimate of drug-likeness (QED) is 0.620. The van der Waals surface area contributed by atoms with Gasteiger partial charge in [-0.05, 0) is 30.0 Å². The first-order chi connectivity index (χ1) is 13.3. The SMILES string of the molecule is CCc1ccc(C(=O)N(CCOC)CC(C)C)cc1S(=O)(=O)N1CCOCC1. The summed E-state index contributed by atoms with van der Waals surface area (Å²) >= 11 is 0. The van der Waals surface area contributed by atoms with Gasteiger partial charge in [-0.15, -0.1) is 0 Å². The van der Waals surface area contributed by atoms with Crippen LogP contribution in [0.25, 0.3) is 0 Å². The number of hydrogen-bond donors (Lipinski definition) is 0. The van der Waals surface area contributed by atoms with E-state index in [4.69, 9.17) is 9.47 Å². The number of carbonyl (C=O) groups is 1. The molecule has 1 saturated heterocycles. The summed E-state index contributed by atoms with van der Waals surface area (Å²) < 4.78 is 38.2. The van der Waals surface area contributed by atoms with Gasteiger partial charge in [-0.1, -0.05) is 26.8 Å². The number of rotatable bonds is 9. The van der Waals surface area contributed by atoms with E-state index in [1.54, 1.807) is 24.1 Å². The highest BCUT2D eigenvalue weighted by Crippen LogP contribution is 2.24. The van der Waals surface area contributed by atoms with Crippen molar-refractivity contribution < 1.29 is 22.7 Å². The summed E-state index contributed by atoms with van der Waals surface area (Å²) in [5.41, 5.74) is 1.11. The normalized spacial score (nSPS) is 15.8. The Morgan fingerprint density at radius 3 is 2.54 bits per heavy atom. The molecular formula is C20H32N2O5S. The van der Waals surface area contributed by atoms with Gasteiger partial charge in [0.15, 0.2) is 0 Å². The van der Waals surface area contributed by atoms with Gasteiger partial charge in [0.1, 0.15) is 0 Å². The number of morpholine rings is 1. The molecule has 0 saturated carbocycles. The van der Waals surface area contributed by atoms with Crippen molar-refractivity contribution in [3.8, 4) is 0 Å². The first kappa shape index (κ1) is 22.8. The summed E-state index contributed by atoms with van der Waals surface area (Å²) in [5.74, 6) is 0.124. The van der Waals surface area contributed by atoms with E-state index in [-0.39, 0.29) is 10.8 Å². The van der Waals surface area contributed by atoms with E-state index < -0.39 is 10.0 Å². The van der Waals surface area contributed by atoms with Crippen LogP contribution in [0.4, 0.5) is 0 Å². The first-order valence-corrected chi connectivity index (χ1v) is 11.2. The van der Waals surface area contributed by atoms with Gasteiger partial charge in [-0.3, -0.25) is 4.79 Å². The van der Waals surface area contributed by atoms with Crippen LogP contribution in [0.3, 0.4) is 0 Å². The second kappa shape index (κ2) is 10.3. The zero-order valence-corrected chi connectivity index (χ0v) is 18.1. The molecule has 0 radical (unpaired) electrons. The summed E-state index contributed by atoms with van der Waals surface area (Å²) in [6, 6.07) is 5.01. The highest BCUT2D eigenvalue weighted by molar-refractivity contribution is 7.89. The fourth-order valence-electron chi connectivity index (χ4n) is 3.25. The minimum absolute atomic E-state index is 0.174. The van der Waals surface area contributed by atoms with Crippen LogP contribution in [0.2, 0.25) is 0 Å². The number of ether oxygens (including phenoxy) is 2. The molecule has 0 aromatic heterocycles. The molecule has 0 spiro atoms. The Kier molecular flexibility index (Phi) is 8.42. The zero-order chi connectivity index (χ0) is 20.7. The van der Waals surface area contributed by atoms with Gasteiger partial charge < -0.3 is 14.4 Å². The average molecular weight is 413 g/mol. The van der Waals surface area contributed by atoms with Crippen LogP contribution in [-0.4, -0.2) is 76.6 Å². The van der Waals surface area contributed by atoms with Crippen molar-refractivity contribution in [2.24, 2.45) is 5.92 Å². The van der Waals surface area contributed by atoms with E-state index in [2.05, 4.69) is 0 Å². The van der Waals surface area contributed by atoms with Crippen molar-refractivity contribution in [2.45, 2.75) is 32.1 Å². The molecule has 1 aliphatic rings. The number of nitrogens with zero attached hydrogens (tertiary/aromatic N) is 2. The van der Waals surface area contributed by atoms with Crippen molar-refractivity contribution in [1.82, 2.24) is 9.21 Å². The maximum Gasteiger partial charge on any atom is 0.253 e. The Morgan fingerprint density at radius 1 is 1.29 bits per heavy atom. The molecule has 1 aromatic carbocycles. The van der Waals surface area contributed by atoms with E-state index in [9.17, 15) is 13.2 Å². The van der Waals surface area contributed by atoms with Crippen molar-refractivity contribution in [3.63, 3.8) is 0 Å². The zero-order valence-electron chi connectivity index (χ0n) is 17.3. The van der Waals surface area contributed by atoms with Gasteiger partial charge in [0, 0.05) is 38.9 Å². The Hall–Kier alpha value is -1.48. The number of sulfonamides is 1. The molecule has 158 valence electrons. The average Bonchev–Trinajstić information content (AvgIpc) is 2.70. The molecule has 28 heavy (non-hydrogen) atoms. The number of hydrogen-bond acceptors (Lipinski definition) is 5. The standard InChI is InChI=1S/C20H32N2O5S/c1-5-17-6-7-18(20(23)21(8-11-26-4)15-16(2)3)14-19(17)28(24,25)22-9-12-27-13-10-22/h6-7,14,16H,5,8-13,15H2,1-4H3. The first-order valence-electron chi connectivity index (χ1n) is 9.80. The maximum atomic E-state index is 13.2. The van der Waals surface area contributed by atoms with Crippen molar-refractivity contribution in [3.05, 3.63) is 29.3 Å². The van der Waals surface area contributed by atoms with Gasteiger partial charge in [-0.25, -0.2) is 8.42 Å². The summed E-state index contributed by atoms with van der Waals surface area (Å²) in [6.45, 7) is 8.93. The molecule has 7 nitrogen and oxygen atoms in total. The molecular weight excluding hydrogens is 380 g/mol. The van der Waals surface area contributed by atoms with Crippen molar-refractivity contribution in [2.75, 3.05) is 53.1 Å². The second-order valence-corrected chi connectivity index (χ2v) is 9.24. The Morgan fingerprint density at radius 2 is 1.96 bits per heavy atom. The highest BCUT2D eigenvalue weighted by atomic mass is 32.2. The number of amides is 1. The summed E-state index contributed by atoms with van der Waals surface area (Å²) in [7, 11) is -2.07. The molecule has 1 aliphatic heterocycles. The molecule has 8 heteroatoms. The Labute approximate surface area is 168 Å². The van der Waals surface area contributed by atoms with Crippen LogP contribution in [-0.2, 0) is 25.9 Å². The van der Waals surface area contributed by atoms with Crippen molar-refractivity contribution in [1.29, 1.82) is 0 Å². The lowest BCUT2D eigenvalue weighted by Crippen LogP contribution is -2.41. The lowest BCUT2D eigenvalue weighted by molar-refractivity contribution is 0.0671. The van der Waals surface area contributed by atoms with Gasteiger partial charge >= 0.3 is 0 Å². The third-order valence-electron chi connectivity index (χ3n) is 4.72. The molecule has 0 bridgehead atoms. The van der Waals surface area contributed by atoms with Gasteiger partial charge in [0.05, 0.1) is 24.7 Å². The third kappa shape index (κ3) is 5.53. The van der Waals surface area contributed by atoms with Crippen LogP contribution in [0.5, 0.6) is 0 Å². The molecule has 1 amide bonds. The van der Waals surface area contributed by atoms with E-state index >= 15 is 0 Å². The monoisotopic (exact) mass is 412 g/mol. The molecule has 1 heterocycles. The smallest absolute Gasteiger partial charge is 0.253 e. The molecule has 0 aliphatic carbocycles. The van der Waals surface area contributed by atoms with E-state index in [0.717, 1.165) is 5.56 Å². The highest BCUT2D eigenvalue weighted by Gasteiger charge is 2.29. The fourth-order valence-corrected chi connectivity index (χ4v) is 4.97. The summed E-state index contributed by atoms with van der Waals surface area (Å²) in [4.78, 5) is 15.0. The minimum atomic E-state index is -3.67. The van der Waals surface area contributed by atoms with Gasteiger partial charge in [-0.2, -0.15) is 4.31 Å². The molecule has 0 atom stereocenters. The van der Waals surface area contributed by atoms with Crippen LogP contribution < -0.4 is 0 Å². The van der Waals surface area contributed by atoms with Crippen LogP contribution in [0, 0.1) is 5.92 Å². The van der Waals surface area contributed by atoms with Crippen LogP contribution in [0.15, 0.2) is 23.1 Å². The topological polar surface area (TPSA) is 76.2 Å². The van der Waals surface area contributed by atoms with Crippen LogP contribution in [0.1, 0.15) is 36.7 Å². The number of benzene rings is 1. The Bertz CT molecular complexity index is 758. The molecule has 1 fully saturated rings. The fraction of sp³-hybridized carbons (Fsp3) is 0.650. The number of aryl methyl sites for hydroxylation is 1. The Balaban J connectivity index is 2.38. The lowest BCUT2D eigenvalue weighted by Gasteiger charge is -2.28. The second-order valence-electron chi connectivity index (χ2n) is 7.33. The van der Waals surface area contributed by atoms with Crippen LogP contribution >= 0.6 is 0 Å². The molecule has 0 N–H and O–H groups in total. The minimum Gasteiger partial charge on any atom is -0.383 e. The predicted molar refractivity (Wildman–Crippen MR) is 108 cm³/mol. The maximum absolute atomic E-state index is 13.2.